The molecule has 10 nitrogen and oxygen atoms in total. The van der Waals surface area contributed by atoms with Gasteiger partial charge >= 0.3 is 5.97 Å². The molecule has 0 unspecified atom stereocenters. The van der Waals surface area contributed by atoms with Crippen molar-refractivity contribution < 1.29 is 31.2 Å². The number of sulfonamides is 2. The monoisotopic (exact) mass is 591 g/mol. The van der Waals surface area contributed by atoms with E-state index in [1.54, 1.807) is 24.3 Å². The number of nitrogens with one attached hydrogen (secondary N) is 2. The third kappa shape index (κ3) is 7.22. The summed E-state index contributed by atoms with van der Waals surface area (Å²) in [4.78, 5) is 24.6. The Bertz CT molecular complexity index is 1560. The van der Waals surface area contributed by atoms with Crippen LogP contribution >= 0.6 is 11.6 Å². The van der Waals surface area contributed by atoms with Crippen molar-refractivity contribution in [2.24, 2.45) is 0 Å². The van der Waals surface area contributed by atoms with E-state index in [0.717, 1.165) is 24.5 Å². The van der Waals surface area contributed by atoms with Gasteiger partial charge in [-0.25, -0.2) is 26.4 Å². The van der Waals surface area contributed by atoms with Gasteiger partial charge in [-0.1, -0.05) is 41.9 Å². The second kappa shape index (κ2) is 12.3. The molecule has 1 aliphatic heterocycles. The van der Waals surface area contributed by atoms with E-state index in [0.29, 0.717) is 18.8 Å². The van der Waals surface area contributed by atoms with Crippen LogP contribution < -0.4 is 10.0 Å². The SMILES string of the molecule is O=C(COC(=O)c1ccc(Cl)c(S(=O)(=O)NCc2ccccc2)c1)Nc1ccc(S(=O)(=O)N2CCCC2)cc1. The van der Waals surface area contributed by atoms with E-state index in [1.807, 2.05) is 6.07 Å². The molecule has 2 N–H and O–H groups in total. The highest BCUT2D eigenvalue weighted by molar-refractivity contribution is 7.89. The molecule has 3 aromatic carbocycles. The average Bonchev–Trinajstić information content (AvgIpc) is 3.48. The number of anilines is 1. The van der Waals surface area contributed by atoms with E-state index in [-0.39, 0.29) is 26.9 Å². The summed E-state index contributed by atoms with van der Waals surface area (Å²) in [5.41, 5.74) is 0.950. The van der Waals surface area contributed by atoms with Crippen LogP contribution in [0.5, 0.6) is 0 Å². The molecule has 1 heterocycles. The number of amides is 1. The minimum absolute atomic E-state index is 0.0273. The zero-order valence-corrected chi connectivity index (χ0v) is 23.1. The fourth-order valence-electron chi connectivity index (χ4n) is 3.89. The van der Waals surface area contributed by atoms with Gasteiger partial charge in [0, 0.05) is 25.3 Å². The Labute approximate surface area is 232 Å². The van der Waals surface area contributed by atoms with Crippen molar-refractivity contribution in [1.29, 1.82) is 0 Å². The van der Waals surface area contributed by atoms with Crippen molar-refractivity contribution >= 4 is 49.2 Å². The molecule has 1 fully saturated rings. The highest BCUT2D eigenvalue weighted by Crippen LogP contribution is 2.24. The number of carbonyl (C=O) groups excluding carboxylic acids is 2. The van der Waals surface area contributed by atoms with Crippen LogP contribution in [0.4, 0.5) is 5.69 Å². The van der Waals surface area contributed by atoms with Crippen LogP contribution in [-0.4, -0.2) is 52.7 Å². The number of nitrogens with zero attached hydrogens (tertiary/aromatic N) is 1. The number of hydrogen-bond donors (Lipinski definition) is 2. The molecule has 0 radical (unpaired) electrons. The lowest BCUT2D eigenvalue weighted by atomic mass is 10.2. The quantitative estimate of drug-likeness (QED) is 0.345. The molecule has 4 rings (SSSR count). The molecule has 1 aliphatic rings. The molecule has 0 atom stereocenters. The number of carbonyl (C=O) groups is 2. The van der Waals surface area contributed by atoms with Crippen LogP contribution in [0.2, 0.25) is 5.02 Å². The first-order valence-corrected chi connectivity index (χ1v) is 15.3. The fourth-order valence-corrected chi connectivity index (χ4v) is 6.95. The van der Waals surface area contributed by atoms with Gasteiger partial charge in [-0.05, 0) is 60.9 Å². The Kier molecular flexibility index (Phi) is 9.03. The standard InChI is InChI=1S/C26H26ClN3O7S2/c27-23-13-8-20(16-24(23)38(33,34)28-17-19-6-2-1-3-7-19)26(32)37-18-25(31)29-21-9-11-22(12-10-21)39(35,36)30-14-4-5-15-30/h1-3,6-13,16,28H,4-5,14-15,17-18H2,(H,29,31). The maximum absolute atomic E-state index is 12.8. The summed E-state index contributed by atoms with van der Waals surface area (Å²) in [6.07, 6.45) is 1.65. The zero-order valence-electron chi connectivity index (χ0n) is 20.7. The van der Waals surface area contributed by atoms with Crippen LogP contribution in [0.3, 0.4) is 0 Å². The normalized spacial score (nSPS) is 14.2. The molecule has 206 valence electrons. The molecule has 39 heavy (non-hydrogen) atoms. The van der Waals surface area contributed by atoms with Crippen molar-refractivity contribution in [3.05, 3.63) is 88.9 Å². The lowest BCUT2D eigenvalue weighted by molar-refractivity contribution is -0.119. The Morgan fingerprint density at radius 3 is 2.23 bits per heavy atom. The first-order chi connectivity index (χ1) is 18.6. The summed E-state index contributed by atoms with van der Waals surface area (Å²) in [5, 5.41) is 2.44. The summed E-state index contributed by atoms with van der Waals surface area (Å²) in [5.74, 6) is -1.58. The minimum atomic E-state index is -4.05. The highest BCUT2D eigenvalue weighted by atomic mass is 35.5. The Balaban J connectivity index is 1.34. The van der Waals surface area contributed by atoms with Crippen molar-refractivity contribution in [3.8, 4) is 0 Å². The van der Waals surface area contributed by atoms with Gasteiger partial charge in [0.15, 0.2) is 6.61 Å². The fraction of sp³-hybridized carbons (Fsp3) is 0.231. The van der Waals surface area contributed by atoms with Crippen LogP contribution in [0, 0.1) is 0 Å². The molecular formula is C26H26ClN3O7S2. The number of esters is 1. The Morgan fingerprint density at radius 1 is 0.897 bits per heavy atom. The van der Waals surface area contributed by atoms with Gasteiger partial charge in [0.05, 0.1) is 15.5 Å². The number of hydrogen-bond acceptors (Lipinski definition) is 7. The largest absolute Gasteiger partial charge is 0.452 e. The van der Waals surface area contributed by atoms with Crippen molar-refractivity contribution in [2.75, 3.05) is 25.0 Å². The zero-order chi connectivity index (χ0) is 28.0. The molecule has 1 amide bonds. The van der Waals surface area contributed by atoms with E-state index in [1.165, 1.54) is 40.7 Å². The lowest BCUT2D eigenvalue weighted by Crippen LogP contribution is -2.27. The molecule has 1 saturated heterocycles. The minimum Gasteiger partial charge on any atom is -0.452 e. The van der Waals surface area contributed by atoms with E-state index in [9.17, 15) is 26.4 Å². The summed E-state index contributed by atoms with van der Waals surface area (Å²) < 4.78 is 59.7. The Morgan fingerprint density at radius 2 is 1.56 bits per heavy atom. The molecule has 0 saturated carbocycles. The highest BCUT2D eigenvalue weighted by Gasteiger charge is 2.27. The third-order valence-corrected chi connectivity index (χ3v) is 9.74. The summed E-state index contributed by atoms with van der Waals surface area (Å²) in [6.45, 7) is 0.345. The molecule has 0 aromatic heterocycles. The average molecular weight is 592 g/mol. The number of halogens is 1. The maximum atomic E-state index is 12.8. The molecule has 3 aromatic rings. The molecule has 0 bridgehead atoms. The summed E-state index contributed by atoms with van der Waals surface area (Å²) in [6, 6.07) is 18.2. The lowest BCUT2D eigenvalue weighted by Gasteiger charge is -2.15. The van der Waals surface area contributed by atoms with E-state index in [2.05, 4.69) is 10.0 Å². The van der Waals surface area contributed by atoms with Crippen molar-refractivity contribution in [2.45, 2.75) is 29.2 Å². The van der Waals surface area contributed by atoms with Crippen LogP contribution in [0.25, 0.3) is 0 Å². The van der Waals surface area contributed by atoms with E-state index in [4.69, 9.17) is 16.3 Å². The topological polar surface area (TPSA) is 139 Å². The maximum Gasteiger partial charge on any atom is 0.338 e. The number of ether oxygens (including phenoxy) is 1. The number of rotatable bonds is 10. The Hall–Kier alpha value is -3.29. The van der Waals surface area contributed by atoms with Gasteiger partial charge in [-0.15, -0.1) is 0 Å². The van der Waals surface area contributed by atoms with Gasteiger partial charge in [-0.2, -0.15) is 4.31 Å². The molecular weight excluding hydrogens is 566 g/mol. The van der Waals surface area contributed by atoms with Crippen LogP contribution in [0.15, 0.2) is 82.6 Å². The smallest absolute Gasteiger partial charge is 0.338 e. The third-order valence-electron chi connectivity index (χ3n) is 5.94. The summed E-state index contributed by atoms with van der Waals surface area (Å²) >= 11 is 6.09. The van der Waals surface area contributed by atoms with Gasteiger partial charge in [0.2, 0.25) is 20.0 Å². The van der Waals surface area contributed by atoms with Gasteiger partial charge in [0.25, 0.3) is 5.91 Å². The van der Waals surface area contributed by atoms with Crippen molar-refractivity contribution in [1.82, 2.24) is 9.03 Å². The number of benzene rings is 3. The predicted molar refractivity (Wildman–Crippen MR) is 145 cm³/mol. The summed E-state index contributed by atoms with van der Waals surface area (Å²) in [7, 11) is -7.63. The first-order valence-electron chi connectivity index (χ1n) is 12.0. The van der Waals surface area contributed by atoms with Gasteiger partial charge in [0.1, 0.15) is 4.90 Å². The van der Waals surface area contributed by atoms with Crippen LogP contribution in [-0.2, 0) is 36.1 Å². The van der Waals surface area contributed by atoms with Gasteiger partial charge in [-0.3, -0.25) is 4.79 Å². The van der Waals surface area contributed by atoms with Gasteiger partial charge < -0.3 is 10.1 Å². The van der Waals surface area contributed by atoms with Crippen molar-refractivity contribution in [3.63, 3.8) is 0 Å². The van der Waals surface area contributed by atoms with E-state index >= 15 is 0 Å². The molecule has 0 aliphatic carbocycles. The predicted octanol–water partition coefficient (Wildman–Crippen LogP) is 3.40. The molecule has 13 heteroatoms. The van der Waals surface area contributed by atoms with E-state index < -0.39 is 38.5 Å². The van der Waals surface area contributed by atoms with Crippen LogP contribution in [0.1, 0.15) is 28.8 Å². The second-order valence-corrected chi connectivity index (χ2v) is 12.8. The first kappa shape index (κ1) is 28.7. The molecule has 0 spiro atoms. The second-order valence-electron chi connectivity index (χ2n) is 8.72.